The number of rotatable bonds is 8. The first-order valence-corrected chi connectivity index (χ1v) is 10.4. The van der Waals surface area contributed by atoms with Crippen molar-refractivity contribution in [1.82, 2.24) is 14.8 Å². The van der Waals surface area contributed by atoms with Gasteiger partial charge in [0.15, 0.2) is 0 Å². The highest BCUT2D eigenvalue weighted by atomic mass is 16.6. The Morgan fingerprint density at radius 2 is 2.00 bits per heavy atom. The van der Waals surface area contributed by atoms with Crippen LogP contribution in [0.1, 0.15) is 12.8 Å². The van der Waals surface area contributed by atoms with E-state index in [1.165, 1.54) is 12.4 Å². The predicted molar refractivity (Wildman–Crippen MR) is 119 cm³/mol. The monoisotopic (exact) mass is 436 g/mol. The minimum Gasteiger partial charge on any atom is -0.492 e. The van der Waals surface area contributed by atoms with E-state index in [4.69, 9.17) is 4.74 Å². The average Bonchev–Trinajstić information content (AvgIpc) is 3.33. The van der Waals surface area contributed by atoms with Gasteiger partial charge in [-0.15, -0.1) is 0 Å². The summed E-state index contributed by atoms with van der Waals surface area (Å²) in [5, 5.41) is 18.3. The van der Waals surface area contributed by atoms with Gasteiger partial charge in [-0.1, -0.05) is 18.2 Å². The van der Waals surface area contributed by atoms with E-state index >= 15 is 0 Å². The molecule has 10 heteroatoms. The first-order chi connectivity index (χ1) is 15.6. The molecule has 0 aliphatic carbocycles. The van der Waals surface area contributed by atoms with Gasteiger partial charge >= 0.3 is 0 Å². The molecule has 1 aliphatic rings. The molecule has 3 aromatic rings. The number of benzene rings is 2. The van der Waals surface area contributed by atoms with Gasteiger partial charge in [0.1, 0.15) is 30.7 Å². The highest BCUT2D eigenvalue weighted by molar-refractivity contribution is 5.93. The molecular formula is C22H24N6O4. The van der Waals surface area contributed by atoms with E-state index in [9.17, 15) is 14.9 Å². The van der Waals surface area contributed by atoms with Crippen LogP contribution in [0.4, 0.5) is 17.1 Å². The zero-order chi connectivity index (χ0) is 22.3. The lowest BCUT2D eigenvalue weighted by atomic mass is 9.95. The molecule has 2 heterocycles. The molecule has 2 aromatic carbocycles. The van der Waals surface area contributed by atoms with E-state index in [1.807, 2.05) is 23.1 Å². The predicted octanol–water partition coefficient (Wildman–Crippen LogP) is 3.12. The number of hydrogen-bond donors (Lipinski definition) is 1. The van der Waals surface area contributed by atoms with Gasteiger partial charge in [-0.25, -0.2) is 9.67 Å². The Balaban J connectivity index is 1.29. The SMILES string of the molecule is O=C(Nc1cccc(OCCn2cncn2)c1)C1CCN(c2ccccc2[N+](=O)[O-])CC1. The molecule has 1 fully saturated rings. The van der Waals surface area contributed by atoms with Crippen molar-refractivity contribution in [3.8, 4) is 5.75 Å². The summed E-state index contributed by atoms with van der Waals surface area (Å²) >= 11 is 0. The Labute approximate surface area is 185 Å². The third-order valence-electron chi connectivity index (χ3n) is 5.44. The van der Waals surface area contributed by atoms with Crippen LogP contribution >= 0.6 is 0 Å². The number of carbonyl (C=O) groups is 1. The number of nitrogens with one attached hydrogen (secondary N) is 1. The molecule has 0 spiro atoms. The average molecular weight is 436 g/mol. The van der Waals surface area contributed by atoms with Crippen molar-refractivity contribution in [3.63, 3.8) is 0 Å². The highest BCUT2D eigenvalue weighted by Crippen LogP contribution is 2.31. The number of hydrogen-bond acceptors (Lipinski definition) is 7. The van der Waals surface area contributed by atoms with Crippen molar-refractivity contribution in [1.29, 1.82) is 0 Å². The zero-order valence-electron chi connectivity index (χ0n) is 17.5. The molecule has 1 saturated heterocycles. The van der Waals surface area contributed by atoms with E-state index in [2.05, 4.69) is 15.4 Å². The number of aromatic nitrogens is 3. The fraction of sp³-hybridized carbons (Fsp3) is 0.318. The first kappa shape index (κ1) is 21.3. The zero-order valence-corrected chi connectivity index (χ0v) is 17.5. The topological polar surface area (TPSA) is 115 Å². The van der Waals surface area contributed by atoms with Gasteiger partial charge in [-0.3, -0.25) is 14.9 Å². The molecule has 32 heavy (non-hydrogen) atoms. The lowest BCUT2D eigenvalue weighted by Gasteiger charge is -2.32. The number of piperidine rings is 1. The second-order valence-electron chi connectivity index (χ2n) is 7.53. The number of nitro groups is 1. The molecule has 10 nitrogen and oxygen atoms in total. The summed E-state index contributed by atoms with van der Waals surface area (Å²) in [7, 11) is 0. The number of amides is 1. The molecule has 1 aliphatic heterocycles. The largest absolute Gasteiger partial charge is 0.492 e. The van der Waals surface area contributed by atoms with Gasteiger partial charge in [0.2, 0.25) is 5.91 Å². The third-order valence-corrected chi connectivity index (χ3v) is 5.44. The quantitative estimate of drug-likeness (QED) is 0.426. The summed E-state index contributed by atoms with van der Waals surface area (Å²) in [6.07, 6.45) is 4.36. The van der Waals surface area contributed by atoms with Crippen LogP contribution in [0.2, 0.25) is 0 Å². The Kier molecular flexibility index (Phi) is 6.59. The Morgan fingerprint density at radius 3 is 2.75 bits per heavy atom. The summed E-state index contributed by atoms with van der Waals surface area (Å²) in [5.74, 6) is 0.465. The summed E-state index contributed by atoms with van der Waals surface area (Å²) in [6.45, 7) is 2.20. The maximum Gasteiger partial charge on any atom is 0.292 e. The van der Waals surface area contributed by atoms with Gasteiger partial charge in [-0.2, -0.15) is 5.10 Å². The van der Waals surface area contributed by atoms with E-state index in [1.54, 1.807) is 35.3 Å². The van der Waals surface area contributed by atoms with E-state index in [0.29, 0.717) is 56.2 Å². The van der Waals surface area contributed by atoms with Crippen molar-refractivity contribution in [3.05, 3.63) is 71.3 Å². The molecule has 1 N–H and O–H groups in total. The van der Waals surface area contributed by atoms with E-state index in [-0.39, 0.29) is 22.4 Å². The molecule has 1 aromatic heterocycles. The summed E-state index contributed by atoms with van der Waals surface area (Å²) < 4.78 is 7.42. The van der Waals surface area contributed by atoms with Crippen molar-refractivity contribution in [2.45, 2.75) is 19.4 Å². The normalized spacial score (nSPS) is 14.2. The third kappa shape index (κ3) is 5.20. The molecule has 0 saturated carbocycles. The Morgan fingerprint density at radius 1 is 1.19 bits per heavy atom. The van der Waals surface area contributed by atoms with Gasteiger partial charge in [0, 0.05) is 36.8 Å². The minimum absolute atomic E-state index is 0.0491. The van der Waals surface area contributed by atoms with Gasteiger partial charge in [0.25, 0.3) is 5.69 Å². The van der Waals surface area contributed by atoms with Crippen LogP contribution < -0.4 is 15.0 Å². The summed E-state index contributed by atoms with van der Waals surface area (Å²) in [5.41, 5.74) is 1.37. The summed E-state index contributed by atoms with van der Waals surface area (Å²) in [6, 6.07) is 14.0. The molecule has 1 amide bonds. The second-order valence-corrected chi connectivity index (χ2v) is 7.53. The fourth-order valence-electron chi connectivity index (χ4n) is 3.78. The number of carbonyl (C=O) groups excluding carboxylic acids is 1. The maximum atomic E-state index is 12.8. The second kappa shape index (κ2) is 9.90. The van der Waals surface area contributed by atoms with Gasteiger partial charge < -0.3 is 15.0 Å². The molecule has 166 valence electrons. The lowest BCUT2D eigenvalue weighted by molar-refractivity contribution is -0.384. The van der Waals surface area contributed by atoms with Crippen LogP contribution in [0.3, 0.4) is 0 Å². The fourth-order valence-corrected chi connectivity index (χ4v) is 3.78. The number of ether oxygens (including phenoxy) is 1. The standard InChI is InChI=1S/C22H24N6O4/c29-22(17-8-10-26(11-9-17)20-6-1-2-7-21(20)28(30)31)25-18-4-3-5-19(14-18)32-13-12-27-16-23-15-24-27/h1-7,14-17H,8-13H2,(H,25,29). The molecule has 0 bridgehead atoms. The first-order valence-electron chi connectivity index (χ1n) is 10.4. The van der Waals surface area contributed by atoms with Crippen LogP contribution in [0, 0.1) is 16.0 Å². The van der Waals surface area contributed by atoms with Crippen LogP contribution in [0.25, 0.3) is 0 Å². The van der Waals surface area contributed by atoms with E-state index in [0.717, 1.165) is 0 Å². The number of nitrogens with zero attached hydrogens (tertiary/aromatic N) is 5. The van der Waals surface area contributed by atoms with Gasteiger partial charge in [0.05, 0.1) is 11.5 Å². The van der Waals surface area contributed by atoms with Crippen molar-refractivity contribution < 1.29 is 14.5 Å². The van der Waals surface area contributed by atoms with Crippen LogP contribution in [-0.2, 0) is 11.3 Å². The smallest absolute Gasteiger partial charge is 0.292 e. The van der Waals surface area contributed by atoms with Crippen LogP contribution in [0.5, 0.6) is 5.75 Å². The van der Waals surface area contributed by atoms with Crippen LogP contribution in [-0.4, -0.2) is 45.3 Å². The number of para-hydroxylation sites is 2. The Bertz CT molecular complexity index is 1060. The molecule has 4 rings (SSSR count). The minimum atomic E-state index is -0.366. The summed E-state index contributed by atoms with van der Waals surface area (Å²) in [4.78, 5) is 29.6. The van der Waals surface area contributed by atoms with E-state index < -0.39 is 0 Å². The Hall–Kier alpha value is -3.95. The molecule has 0 unspecified atom stereocenters. The lowest BCUT2D eigenvalue weighted by Crippen LogP contribution is -2.38. The number of nitro benzene ring substituents is 1. The molecule has 0 radical (unpaired) electrons. The van der Waals surface area contributed by atoms with Crippen molar-refractivity contribution in [2.24, 2.45) is 5.92 Å². The maximum absolute atomic E-state index is 12.8. The van der Waals surface area contributed by atoms with Gasteiger partial charge in [-0.05, 0) is 31.0 Å². The van der Waals surface area contributed by atoms with Crippen molar-refractivity contribution in [2.75, 3.05) is 29.9 Å². The van der Waals surface area contributed by atoms with Crippen molar-refractivity contribution >= 4 is 23.0 Å². The highest BCUT2D eigenvalue weighted by Gasteiger charge is 2.28. The van der Waals surface area contributed by atoms with Crippen LogP contribution in [0.15, 0.2) is 61.2 Å². The number of anilines is 2. The molecule has 0 atom stereocenters. The molecular weight excluding hydrogens is 412 g/mol.